The molecule has 2 N–H and O–H groups in total. The molecule has 0 aliphatic heterocycles. The number of rotatable bonds is 4. The highest BCUT2D eigenvalue weighted by Gasteiger charge is 1.99. The highest BCUT2D eigenvalue weighted by molar-refractivity contribution is 5.80. The summed E-state index contributed by atoms with van der Waals surface area (Å²) in [5.41, 5.74) is 0. The lowest BCUT2D eigenvalue weighted by molar-refractivity contribution is -0.118. The zero-order chi connectivity index (χ0) is 10.4. The van der Waals surface area contributed by atoms with E-state index in [0.29, 0.717) is 11.7 Å². The minimum atomic E-state index is -0.0883. The van der Waals surface area contributed by atoms with Gasteiger partial charge >= 0.3 is 0 Å². The normalized spacial score (nSPS) is 9.29. The van der Waals surface area contributed by atoms with Crippen LogP contribution in [0.2, 0.25) is 0 Å². The summed E-state index contributed by atoms with van der Waals surface area (Å²) in [5.74, 6) is 1.05. The van der Waals surface area contributed by atoms with Gasteiger partial charge in [0, 0.05) is 13.1 Å². The molecule has 76 valence electrons. The smallest absolute Gasteiger partial charge is 0.239 e. The van der Waals surface area contributed by atoms with Crippen molar-refractivity contribution in [2.75, 3.05) is 26.0 Å². The van der Waals surface area contributed by atoms with E-state index in [9.17, 15) is 4.79 Å². The summed E-state index contributed by atoms with van der Waals surface area (Å²) in [7, 11) is 3.13. The van der Waals surface area contributed by atoms with Crippen LogP contribution in [0.25, 0.3) is 0 Å². The van der Waals surface area contributed by atoms with Gasteiger partial charge in [-0.2, -0.15) is 4.98 Å². The van der Waals surface area contributed by atoms with Crippen molar-refractivity contribution >= 4 is 11.7 Å². The third kappa shape index (κ3) is 2.93. The molecule has 1 amide bonds. The van der Waals surface area contributed by atoms with Crippen LogP contribution in [0.15, 0.2) is 18.2 Å². The van der Waals surface area contributed by atoms with Crippen molar-refractivity contribution < 1.29 is 9.53 Å². The number of methoxy groups -OCH3 is 1. The van der Waals surface area contributed by atoms with Crippen LogP contribution in [0.4, 0.5) is 5.82 Å². The highest BCUT2D eigenvalue weighted by Crippen LogP contribution is 2.09. The fraction of sp³-hybridized carbons (Fsp3) is 0.333. The van der Waals surface area contributed by atoms with Crippen LogP contribution in [0, 0.1) is 0 Å². The molecule has 0 unspecified atom stereocenters. The highest BCUT2D eigenvalue weighted by atomic mass is 16.5. The Morgan fingerprint density at radius 2 is 2.36 bits per heavy atom. The lowest BCUT2D eigenvalue weighted by Crippen LogP contribution is -2.26. The Labute approximate surface area is 82.5 Å². The van der Waals surface area contributed by atoms with Gasteiger partial charge in [-0.05, 0) is 6.07 Å². The molecule has 1 aromatic heterocycles. The number of hydrogen-bond acceptors (Lipinski definition) is 4. The minimum Gasteiger partial charge on any atom is -0.481 e. The number of nitrogens with zero attached hydrogens (tertiary/aromatic N) is 1. The number of pyridine rings is 1. The lowest BCUT2D eigenvalue weighted by atomic mass is 10.4. The Balaban J connectivity index is 2.54. The lowest BCUT2D eigenvalue weighted by Gasteiger charge is -2.05. The van der Waals surface area contributed by atoms with E-state index in [1.54, 1.807) is 32.4 Å². The van der Waals surface area contributed by atoms with Crippen LogP contribution in [-0.4, -0.2) is 31.6 Å². The molecule has 14 heavy (non-hydrogen) atoms. The minimum absolute atomic E-state index is 0.0883. The molecule has 0 saturated carbocycles. The molecule has 0 aliphatic carbocycles. The molecule has 5 heteroatoms. The molecular weight excluding hydrogens is 182 g/mol. The first-order valence-corrected chi connectivity index (χ1v) is 4.21. The van der Waals surface area contributed by atoms with E-state index in [-0.39, 0.29) is 12.5 Å². The first-order chi connectivity index (χ1) is 6.76. The molecule has 0 saturated heterocycles. The molecule has 0 radical (unpaired) electrons. The number of aromatic nitrogens is 1. The largest absolute Gasteiger partial charge is 0.481 e. The second-order valence-corrected chi connectivity index (χ2v) is 2.59. The number of anilines is 1. The Kier molecular flexibility index (Phi) is 3.72. The third-order valence-corrected chi connectivity index (χ3v) is 1.64. The van der Waals surface area contributed by atoms with E-state index in [0.717, 1.165) is 0 Å². The maximum Gasteiger partial charge on any atom is 0.239 e. The Morgan fingerprint density at radius 1 is 1.57 bits per heavy atom. The number of amides is 1. The van der Waals surface area contributed by atoms with Gasteiger partial charge in [-0.25, -0.2) is 0 Å². The predicted molar refractivity (Wildman–Crippen MR) is 53.3 cm³/mol. The summed E-state index contributed by atoms with van der Waals surface area (Å²) in [5, 5.41) is 5.37. The Bertz CT molecular complexity index is 315. The zero-order valence-electron chi connectivity index (χ0n) is 8.20. The van der Waals surface area contributed by atoms with Crippen molar-refractivity contribution in [1.82, 2.24) is 10.3 Å². The zero-order valence-corrected chi connectivity index (χ0v) is 8.20. The van der Waals surface area contributed by atoms with Crippen LogP contribution in [0.5, 0.6) is 5.88 Å². The average molecular weight is 195 g/mol. The molecule has 0 fully saturated rings. The standard InChI is InChI=1S/C9H13N3O2/c1-10-8(13)6-11-7-4-3-5-9(12-7)14-2/h3-5H,6H2,1-2H3,(H,10,13)(H,11,12). The number of carbonyl (C=O) groups excluding carboxylic acids is 1. The van der Waals surface area contributed by atoms with E-state index in [1.165, 1.54) is 0 Å². The number of ether oxygens (including phenoxy) is 1. The van der Waals surface area contributed by atoms with Crippen molar-refractivity contribution in [1.29, 1.82) is 0 Å². The molecule has 1 rings (SSSR count). The van der Waals surface area contributed by atoms with Crippen molar-refractivity contribution in [3.05, 3.63) is 18.2 Å². The molecule has 0 aromatic carbocycles. The second-order valence-electron chi connectivity index (χ2n) is 2.59. The molecule has 1 heterocycles. The van der Waals surface area contributed by atoms with Crippen molar-refractivity contribution in [3.63, 3.8) is 0 Å². The SMILES string of the molecule is CNC(=O)CNc1cccc(OC)n1. The summed E-state index contributed by atoms with van der Waals surface area (Å²) < 4.78 is 4.94. The van der Waals surface area contributed by atoms with Crippen molar-refractivity contribution in [3.8, 4) is 5.88 Å². The van der Waals surface area contributed by atoms with Gasteiger partial charge in [-0.15, -0.1) is 0 Å². The van der Waals surface area contributed by atoms with Crippen molar-refractivity contribution in [2.45, 2.75) is 0 Å². The maximum absolute atomic E-state index is 10.9. The molecular formula is C9H13N3O2. The van der Waals surface area contributed by atoms with Crippen LogP contribution < -0.4 is 15.4 Å². The van der Waals surface area contributed by atoms with E-state index in [2.05, 4.69) is 15.6 Å². The first kappa shape index (κ1) is 10.3. The summed E-state index contributed by atoms with van der Waals surface area (Å²) in [6.45, 7) is 0.205. The number of carbonyl (C=O) groups is 1. The topological polar surface area (TPSA) is 63.2 Å². The molecule has 0 spiro atoms. The van der Waals surface area contributed by atoms with Gasteiger partial charge in [-0.3, -0.25) is 4.79 Å². The van der Waals surface area contributed by atoms with E-state index < -0.39 is 0 Å². The van der Waals surface area contributed by atoms with Gasteiger partial charge in [0.1, 0.15) is 5.82 Å². The molecule has 5 nitrogen and oxygen atoms in total. The fourth-order valence-electron chi connectivity index (χ4n) is 0.886. The van der Waals surface area contributed by atoms with Gasteiger partial charge in [0.25, 0.3) is 0 Å². The number of nitrogens with one attached hydrogen (secondary N) is 2. The number of likely N-dealkylation sites (N-methyl/N-ethyl adjacent to an activating group) is 1. The molecule has 0 aliphatic rings. The van der Waals surface area contributed by atoms with E-state index in [4.69, 9.17) is 4.74 Å². The van der Waals surface area contributed by atoms with Crippen molar-refractivity contribution in [2.24, 2.45) is 0 Å². The Morgan fingerprint density at radius 3 is 3.00 bits per heavy atom. The quantitative estimate of drug-likeness (QED) is 0.722. The second kappa shape index (κ2) is 5.06. The van der Waals surface area contributed by atoms with Crippen LogP contribution in [0.3, 0.4) is 0 Å². The van der Waals surface area contributed by atoms with Gasteiger partial charge in [0.15, 0.2) is 0 Å². The van der Waals surface area contributed by atoms with Gasteiger partial charge < -0.3 is 15.4 Å². The fourth-order valence-corrected chi connectivity index (χ4v) is 0.886. The van der Waals surface area contributed by atoms with Crippen LogP contribution in [-0.2, 0) is 4.79 Å². The van der Waals surface area contributed by atoms with E-state index >= 15 is 0 Å². The molecule has 0 atom stereocenters. The summed E-state index contributed by atoms with van der Waals surface area (Å²) in [6, 6.07) is 5.31. The maximum atomic E-state index is 10.9. The summed E-state index contributed by atoms with van der Waals surface area (Å²) in [6.07, 6.45) is 0. The average Bonchev–Trinajstić information content (AvgIpc) is 2.26. The third-order valence-electron chi connectivity index (χ3n) is 1.64. The number of hydrogen-bond donors (Lipinski definition) is 2. The van der Waals surface area contributed by atoms with Gasteiger partial charge in [-0.1, -0.05) is 6.07 Å². The van der Waals surface area contributed by atoms with E-state index in [1.807, 2.05) is 0 Å². The van der Waals surface area contributed by atoms with Gasteiger partial charge in [0.2, 0.25) is 11.8 Å². The van der Waals surface area contributed by atoms with Crippen LogP contribution in [0.1, 0.15) is 0 Å². The summed E-state index contributed by atoms with van der Waals surface area (Å²) >= 11 is 0. The summed E-state index contributed by atoms with van der Waals surface area (Å²) in [4.78, 5) is 15.0. The monoisotopic (exact) mass is 195 g/mol. The predicted octanol–water partition coefficient (Wildman–Crippen LogP) is 0.248. The van der Waals surface area contributed by atoms with Crippen LogP contribution >= 0.6 is 0 Å². The van der Waals surface area contributed by atoms with Gasteiger partial charge in [0.05, 0.1) is 13.7 Å². The Hall–Kier alpha value is -1.78. The first-order valence-electron chi connectivity index (χ1n) is 4.21. The molecule has 1 aromatic rings. The molecule has 0 bridgehead atoms.